The van der Waals surface area contributed by atoms with E-state index in [4.69, 9.17) is 0 Å². The Balaban J connectivity index is 1.73. The van der Waals surface area contributed by atoms with Crippen molar-refractivity contribution >= 4 is 34.3 Å². The fraction of sp³-hybridized carbons (Fsp3) is 0.200. The molecule has 0 unspecified atom stereocenters. The molecule has 1 aliphatic carbocycles. The second kappa shape index (κ2) is 4.75. The summed E-state index contributed by atoms with van der Waals surface area (Å²) in [7, 11) is 0. The Morgan fingerprint density at radius 1 is 1.30 bits per heavy atom. The summed E-state index contributed by atoms with van der Waals surface area (Å²) in [5.74, 6) is 0. The highest BCUT2D eigenvalue weighted by Crippen LogP contribution is 2.33. The van der Waals surface area contributed by atoms with E-state index in [0.29, 0.717) is 5.69 Å². The van der Waals surface area contributed by atoms with Crippen LogP contribution in [-0.4, -0.2) is 15.7 Å². The molecule has 0 spiro atoms. The third kappa shape index (κ3) is 1.89. The molecule has 2 heterocycles. The highest BCUT2D eigenvalue weighted by Gasteiger charge is 2.15. The number of aromatic nitrogens is 2. The molecule has 1 aromatic carbocycles. The van der Waals surface area contributed by atoms with E-state index in [0.717, 1.165) is 16.3 Å². The van der Waals surface area contributed by atoms with Crippen LogP contribution < -0.4 is 0 Å². The van der Waals surface area contributed by atoms with E-state index in [1.165, 1.54) is 35.3 Å². The first-order chi connectivity index (χ1) is 9.85. The predicted molar refractivity (Wildman–Crippen MR) is 81.0 cm³/mol. The van der Waals surface area contributed by atoms with Gasteiger partial charge in [-0.2, -0.15) is 0 Å². The molecule has 3 aromatic rings. The summed E-state index contributed by atoms with van der Waals surface area (Å²) in [6.07, 6.45) is 6.40. The number of hydrogen-bond acceptors (Lipinski definition) is 4. The fourth-order valence-corrected chi connectivity index (χ4v) is 4.41. The van der Waals surface area contributed by atoms with Crippen molar-refractivity contribution in [2.45, 2.75) is 29.2 Å². The summed E-state index contributed by atoms with van der Waals surface area (Å²) in [4.78, 5) is 17.9. The first-order valence-corrected chi connectivity index (χ1v) is 8.25. The summed E-state index contributed by atoms with van der Waals surface area (Å²) in [5.41, 5.74) is 3.56. The van der Waals surface area contributed by atoms with Crippen LogP contribution in [-0.2, 0) is 12.8 Å². The number of hydrogen-bond donors (Lipinski definition) is 0. The van der Waals surface area contributed by atoms with Gasteiger partial charge >= 0.3 is 0 Å². The van der Waals surface area contributed by atoms with E-state index in [-0.39, 0.29) is 0 Å². The molecular weight excluding hydrogens is 288 g/mol. The molecule has 0 amide bonds. The molecule has 0 saturated carbocycles. The molecule has 0 fully saturated rings. The third-order valence-corrected chi connectivity index (χ3v) is 5.40. The Morgan fingerprint density at radius 3 is 3.10 bits per heavy atom. The van der Waals surface area contributed by atoms with E-state index in [2.05, 4.69) is 23.2 Å². The molecule has 100 valence electrons. The molecule has 1 aliphatic rings. The molecule has 0 N–H and O–H groups in total. The number of aryl methyl sites for hydroxylation is 2. The zero-order valence-electron chi connectivity index (χ0n) is 10.7. The minimum absolute atomic E-state index is 0.645. The average Bonchev–Trinajstić information content (AvgIpc) is 3.12. The van der Waals surface area contributed by atoms with Gasteiger partial charge in [0.25, 0.3) is 0 Å². The minimum atomic E-state index is 0.645. The van der Waals surface area contributed by atoms with Gasteiger partial charge in [0.15, 0.2) is 11.2 Å². The van der Waals surface area contributed by atoms with Gasteiger partial charge in [0.1, 0.15) is 10.7 Å². The number of fused-ring (bicyclic) bond motifs is 2. The lowest BCUT2D eigenvalue weighted by atomic mass is 10.1. The normalized spacial score (nSPS) is 13.8. The molecular formula is C15H12N2OS2. The van der Waals surface area contributed by atoms with Crippen LogP contribution in [0, 0.1) is 0 Å². The summed E-state index contributed by atoms with van der Waals surface area (Å²) < 4.78 is 1.85. The molecule has 20 heavy (non-hydrogen) atoms. The van der Waals surface area contributed by atoms with Crippen LogP contribution in [0.4, 0.5) is 0 Å². The van der Waals surface area contributed by atoms with Gasteiger partial charge < -0.3 is 0 Å². The predicted octanol–water partition coefficient (Wildman–Crippen LogP) is 3.85. The molecule has 0 aliphatic heterocycles. The fourth-order valence-electron chi connectivity index (χ4n) is 2.69. The van der Waals surface area contributed by atoms with Crippen LogP contribution in [0.15, 0.2) is 39.7 Å². The van der Waals surface area contributed by atoms with Crippen molar-refractivity contribution in [3.05, 3.63) is 46.6 Å². The summed E-state index contributed by atoms with van der Waals surface area (Å²) in [6.45, 7) is 0. The zero-order chi connectivity index (χ0) is 13.5. The molecule has 0 radical (unpaired) electrons. The largest absolute Gasteiger partial charge is 0.296 e. The lowest BCUT2D eigenvalue weighted by Gasteiger charge is -2.03. The maximum Gasteiger partial charge on any atom is 0.195 e. The number of rotatable bonds is 3. The lowest BCUT2D eigenvalue weighted by molar-refractivity contribution is 0.111. The van der Waals surface area contributed by atoms with Gasteiger partial charge in [-0.3, -0.25) is 9.20 Å². The Hall–Kier alpha value is -1.59. The number of aldehydes is 1. The monoisotopic (exact) mass is 300 g/mol. The first-order valence-electron chi connectivity index (χ1n) is 6.55. The third-order valence-electron chi connectivity index (χ3n) is 3.66. The molecule has 5 heteroatoms. The maximum atomic E-state index is 11.3. The van der Waals surface area contributed by atoms with Crippen LogP contribution in [0.1, 0.15) is 28.0 Å². The average molecular weight is 300 g/mol. The van der Waals surface area contributed by atoms with Crippen LogP contribution >= 0.6 is 23.1 Å². The van der Waals surface area contributed by atoms with Crippen LogP contribution in [0.25, 0.3) is 4.96 Å². The van der Waals surface area contributed by atoms with Gasteiger partial charge in [-0.25, -0.2) is 4.98 Å². The van der Waals surface area contributed by atoms with Crippen molar-refractivity contribution in [2.75, 3.05) is 0 Å². The lowest BCUT2D eigenvalue weighted by Crippen LogP contribution is -1.89. The Labute approximate surface area is 124 Å². The van der Waals surface area contributed by atoms with Crippen molar-refractivity contribution < 1.29 is 4.79 Å². The van der Waals surface area contributed by atoms with Gasteiger partial charge in [0, 0.05) is 16.5 Å². The van der Waals surface area contributed by atoms with Crippen LogP contribution in [0.3, 0.4) is 0 Å². The van der Waals surface area contributed by atoms with Crippen molar-refractivity contribution in [3.63, 3.8) is 0 Å². The molecule has 2 aromatic heterocycles. The number of carbonyl (C=O) groups excluding carboxylic acids is 1. The second-order valence-corrected chi connectivity index (χ2v) is 6.80. The Bertz CT molecular complexity index is 803. The van der Waals surface area contributed by atoms with Gasteiger partial charge in [0.05, 0.1) is 0 Å². The highest BCUT2D eigenvalue weighted by molar-refractivity contribution is 7.99. The summed E-state index contributed by atoms with van der Waals surface area (Å²) in [5, 5.41) is 2.74. The molecule has 0 bridgehead atoms. The number of carbonyl (C=O) groups is 1. The van der Waals surface area contributed by atoms with Crippen molar-refractivity contribution in [1.29, 1.82) is 0 Å². The van der Waals surface area contributed by atoms with E-state index < -0.39 is 0 Å². The van der Waals surface area contributed by atoms with E-state index in [1.54, 1.807) is 23.1 Å². The molecule has 3 nitrogen and oxygen atoms in total. The van der Waals surface area contributed by atoms with Crippen molar-refractivity contribution in [2.24, 2.45) is 0 Å². The molecule has 0 atom stereocenters. The van der Waals surface area contributed by atoms with Crippen LogP contribution in [0.2, 0.25) is 0 Å². The van der Waals surface area contributed by atoms with E-state index in [9.17, 15) is 4.79 Å². The molecule has 4 rings (SSSR count). The molecule has 0 saturated heterocycles. The number of thiazole rings is 1. The Morgan fingerprint density at radius 2 is 2.20 bits per heavy atom. The summed E-state index contributed by atoms with van der Waals surface area (Å²) in [6, 6.07) is 6.59. The van der Waals surface area contributed by atoms with Crippen molar-refractivity contribution in [1.82, 2.24) is 9.38 Å². The first kappa shape index (κ1) is 12.2. The zero-order valence-corrected chi connectivity index (χ0v) is 12.3. The van der Waals surface area contributed by atoms with Gasteiger partial charge in [-0.05, 0) is 42.5 Å². The topological polar surface area (TPSA) is 34.4 Å². The van der Waals surface area contributed by atoms with E-state index in [1.807, 2.05) is 16.0 Å². The van der Waals surface area contributed by atoms with Gasteiger partial charge in [-0.1, -0.05) is 17.8 Å². The maximum absolute atomic E-state index is 11.3. The highest BCUT2D eigenvalue weighted by atomic mass is 32.2. The Kier molecular flexibility index (Phi) is 2.89. The quantitative estimate of drug-likeness (QED) is 0.689. The van der Waals surface area contributed by atoms with Crippen molar-refractivity contribution in [3.8, 4) is 0 Å². The van der Waals surface area contributed by atoms with Crippen LogP contribution in [0.5, 0.6) is 0 Å². The number of imidazole rings is 1. The van der Waals surface area contributed by atoms with Gasteiger partial charge in [0.2, 0.25) is 0 Å². The minimum Gasteiger partial charge on any atom is -0.296 e. The number of nitrogens with zero attached hydrogens (tertiary/aromatic N) is 2. The summed E-state index contributed by atoms with van der Waals surface area (Å²) >= 11 is 3.13. The SMILES string of the molecule is O=Cc1c(Sc2ccc3c(c2)CCC3)nc2sccn12. The standard InChI is InChI=1S/C15H12N2OS2/c18-9-13-14(16-15-17(13)6-7-19-15)20-12-5-4-10-2-1-3-11(10)8-12/h4-9H,1-3H2. The number of benzene rings is 1. The second-order valence-electron chi connectivity index (χ2n) is 4.86. The van der Waals surface area contributed by atoms with E-state index >= 15 is 0 Å². The van der Waals surface area contributed by atoms with Gasteiger partial charge in [-0.15, -0.1) is 11.3 Å². The smallest absolute Gasteiger partial charge is 0.195 e.